The molecule has 0 fully saturated rings. The maximum atomic E-state index is 5.87. The zero-order valence-corrected chi connectivity index (χ0v) is 12.4. The number of hydrogen-bond acceptors (Lipinski definition) is 1. The molecule has 0 saturated heterocycles. The van der Waals surface area contributed by atoms with E-state index in [0.717, 1.165) is 13.0 Å². The minimum atomic E-state index is 0.630. The first-order valence-corrected chi connectivity index (χ1v) is 7.50. The Hall–Kier alpha value is -0.340. The minimum Gasteiger partial charge on any atom is -0.330 e. The van der Waals surface area contributed by atoms with Gasteiger partial charge in [0, 0.05) is 4.47 Å². The van der Waals surface area contributed by atoms with Crippen molar-refractivity contribution in [3.63, 3.8) is 0 Å². The van der Waals surface area contributed by atoms with Gasteiger partial charge in [0.25, 0.3) is 0 Å². The summed E-state index contributed by atoms with van der Waals surface area (Å²) in [5, 5.41) is 0. The standard InChI is InChI=1S/C15H24BrN/c1-2-3-4-5-8-13(12-17)11-14-9-6-7-10-15(14)16/h6-7,9-10,13H,2-5,8,11-12,17H2,1H3. The molecule has 0 radical (unpaired) electrons. The molecule has 96 valence electrons. The molecule has 1 unspecified atom stereocenters. The number of halogens is 1. The summed E-state index contributed by atoms with van der Waals surface area (Å²) < 4.78 is 1.21. The average molecular weight is 298 g/mol. The van der Waals surface area contributed by atoms with E-state index < -0.39 is 0 Å². The van der Waals surface area contributed by atoms with Crippen LogP contribution in [0.5, 0.6) is 0 Å². The highest BCUT2D eigenvalue weighted by atomic mass is 79.9. The van der Waals surface area contributed by atoms with Gasteiger partial charge in [0.2, 0.25) is 0 Å². The summed E-state index contributed by atoms with van der Waals surface area (Å²) >= 11 is 3.61. The van der Waals surface area contributed by atoms with Crippen LogP contribution in [0.15, 0.2) is 28.7 Å². The third-order valence-corrected chi connectivity index (χ3v) is 4.04. The second kappa shape index (κ2) is 8.71. The third kappa shape index (κ3) is 5.69. The van der Waals surface area contributed by atoms with Gasteiger partial charge in [0.15, 0.2) is 0 Å². The van der Waals surface area contributed by atoms with Crippen LogP contribution in [-0.2, 0) is 6.42 Å². The summed E-state index contributed by atoms with van der Waals surface area (Å²) in [5.74, 6) is 0.630. The first-order valence-electron chi connectivity index (χ1n) is 6.71. The molecule has 0 saturated carbocycles. The van der Waals surface area contributed by atoms with E-state index in [1.807, 2.05) is 0 Å². The van der Waals surface area contributed by atoms with Gasteiger partial charge in [0.1, 0.15) is 0 Å². The highest BCUT2D eigenvalue weighted by Gasteiger charge is 2.09. The Morgan fingerprint density at radius 2 is 1.94 bits per heavy atom. The van der Waals surface area contributed by atoms with Crippen molar-refractivity contribution in [2.45, 2.75) is 45.4 Å². The highest BCUT2D eigenvalue weighted by Crippen LogP contribution is 2.21. The van der Waals surface area contributed by atoms with Crippen molar-refractivity contribution >= 4 is 15.9 Å². The van der Waals surface area contributed by atoms with Crippen LogP contribution in [0, 0.1) is 5.92 Å². The predicted octanol–water partition coefficient (Wildman–Crippen LogP) is 4.54. The first kappa shape index (κ1) is 14.7. The maximum absolute atomic E-state index is 5.87. The monoisotopic (exact) mass is 297 g/mol. The molecule has 0 aliphatic carbocycles. The fraction of sp³-hybridized carbons (Fsp3) is 0.600. The molecular formula is C15H24BrN. The Morgan fingerprint density at radius 1 is 1.18 bits per heavy atom. The van der Waals surface area contributed by atoms with Crippen LogP contribution in [0.3, 0.4) is 0 Å². The molecule has 1 aromatic carbocycles. The molecule has 2 heteroatoms. The van der Waals surface area contributed by atoms with E-state index in [2.05, 4.69) is 47.1 Å². The Balaban J connectivity index is 2.38. The van der Waals surface area contributed by atoms with E-state index >= 15 is 0 Å². The Morgan fingerprint density at radius 3 is 2.59 bits per heavy atom. The van der Waals surface area contributed by atoms with Crippen molar-refractivity contribution in [3.05, 3.63) is 34.3 Å². The van der Waals surface area contributed by atoms with Crippen LogP contribution in [0.1, 0.15) is 44.6 Å². The Kier molecular flexibility index (Phi) is 7.54. The van der Waals surface area contributed by atoms with E-state index in [1.54, 1.807) is 0 Å². The van der Waals surface area contributed by atoms with Crippen LogP contribution in [-0.4, -0.2) is 6.54 Å². The van der Waals surface area contributed by atoms with Crippen molar-refractivity contribution in [2.24, 2.45) is 11.7 Å². The molecule has 1 atom stereocenters. The van der Waals surface area contributed by atoms with Gasteiger partial charge in [-0.1, -0.05) is 66.7 Å². The van der Waals surface area contributed by atoms with E-state index in [-0.39, 0.29) is 0 Å². The number of unbranched alkanes of at least 4 members (excludes halogenated alkanes) is 3. The molecule has 17 heavy (non-hydrogen) atoms. The number of nitrogens with two attached hydrogens (primary N) is 1. The number of benzene rings is 1. The zero-order valence-electron chi connectivity index (χ0n) is 10.8. The molecular weight excluding hydrogens is 274 g/mol. The van der Waals surface area contributed by atoms with Gasteiger partial charge in [-0.2, -0.15) is 0 Å². The fourth-order valence-electron chi connectivity index (χ4n) is 2.14. The van der Waals surface area contributed by atoms with Gasteiger partial charge in [-0.25, -0.2) is 0 Å². The summed E-state index contributed by atoms with van der Waals surface area (Å²) in [6, 6.07) is 8.47. The molecule has 1 aromatic rings. The lowest BCUT2D eigenvalue weighted by molar-refractivity contribution is 0.460. The van der Waals surface area contributed by atoms with Crippen molar-refractivity contribution in [2.75, 3.05) is 6.54 Å². The normalized spacial score (nSPS) is 12.6. The third-order valence-electron chi connectivity index (χ3n) is 3.27. The second-order valence-electron chi connectivity index (χ2n) is 4.75. The topological polar surface area (TPSA) is 26.0 Å². The van der Waals surface area contributed by atoms with Crippen LogP contribution in [0.2, 0.25) is 0 Å². The van der Waals surface area contributed by atoms with Gasteiger partial charge in [-0.15, -0.1) is 0 Å². The molecule has 0 bridgehead atoms. The van der Waals surface area contributed by atoms with Crippen LogP contribution in [0.25, 0.3) is 0 Å². The summed E-state index contributed by atoms with van der Waals surface area (Å²) in [4.78, 5) is 0. The van der Waals surface area contributed by atoms with Gasteiger partial charge in [-0.3, -0.25) is 0 Å². The molecule has 0 heterocycles. The SMILES string of the molecule is CCCCCCC(CN)Cc1ccccc1Br. The molecule has 1 rings (SSSR count). The fourth-order valence-corrected chi connectivity index (χ4v) is 2.58. The zero-order chi connectivity index (χ0) is 12.5. The lowest BCUT2D eigenvalue weighted by Gasteiger charge is -2.15. The summed E-state index contributed by atoms with van der Waals surface area (Å²) in [6.07, 6.45) is 7.69. The van der Waals surface area contributed by atoms with Gasteiger partial charge in [0.05, 0.1) is 0 Å². The van der Waals surface area contributed by atoms with Crippen LogP contribution >= 0.6 is 15.9 Å². The van der Waals surface area contributed by atoms with Gasteiger partial charge in [-0.05, 0) is 36.9 Å². The quantitative estimate of drug-likeness (QED) is 0.701. The number of rotatable bonds is 8. The van der Waals surface area contributed by atoms with E-state index in [0.29, 0.717) is 5.92 Å². The molecule has 2 N–H and O–H groups in total. The van der Waals surface area contributed by atoms with Crippen LogP contribution < -0.4 is 5.73 Å². The maximum Gasteiger partial charge on any atom is 0.0207 e. The molecule has 0 aliphatic heterocycles. The average Bonchev–Trinajstić information content (AvgIpc) is 2.35. The molecule has 0 spiro atoms. The van der Waals surface area contributed by atoms with Gasteiger partial charge >= 0.3 is 0 Å². The predicted molar refractivity (Wildman–Crippen MR) is 79.1 cm³/mol. The molecule has 0 aromatic heterocycles. The van der Waals surface area contributed by atoms with E-state index in [9.17, 15) is 0 Å². The summed E-state index contributed by atoms with van der Waals surface area (Å²) in [6.45, 7) is 3.05. The van der Waals surface area contributed by atoms with Crippen LogP contribution in [0.4, 0.5) is 0 Å². The molecule has 1 nitrogen and oxygen atoms in total. The van der Waals surface area contributed by atoms with Crippen molar-refractivity contribution < 1.29 is 0 Å². The van der Waals surface area contributed by atoms with Crippen molar-refractivity contribution in [1.82, 2.24) is 0 Å². The van der Waals surface area contributed by atoms with Gasteiger partial charge < -0.3 is 5.73 Å². The smallest absolute Gasteiger partial charge is 0.0207 e. The highest BCUT2D eigenvalue weighted by molar-refractivity contribution is 9.10. The Bertz CT molecular complexity index is 312. The van der Waals surface area contributed by atoms with Crippen molar-refractivity contribution in [1.29, 1.82) is 0 Å². The lowest BCUT2D eigenvalue weighted by Crippen LogP contribution is -2.17. The summed E-state index contributed by atoms with van der Waals surface area (Å²) in [5.41, 5.74) is 7.26. The van der Waals surface area contributed by atoms with E-state index in [1.165, 1.54) is 42.1 Å². The Labute approximate surface area is 114 Å². The lowest BCUT2D eigenvalue weighted by atomic mass is 9.94. The first-order chi connectivity index (χ1) is 8.27. The van der Waals surface area contributed by atoms with E-state index in [4.69, 9.17) is 5.73 Å². The molecule has 0 aliphatic rings. The number of hydrogen-bond donors (Lipinski definition) is 1. The summed E-state index contributed by atoms with van der Waals surface area (Å²) in [7, 11) is 0. The largest absolute Gasteiger partial charge is 0.330 e. The minimum absolute atomic E-state index is 0.630. The molecule has 0 amide bonds. The van der Waals surface area contributed by atoms with Crippen molar-refractivity contribution in [3.8, 4) is 0 Å². The second-order valence-corrected chi connectivity index (χ2v) is 5.60.